The number of aryl methyl sites for hydroxylation is 1. The van der Waals surface area contributed by atoms with E-state index in [2.05, 4.69) is 70.7 Å². The molecule has 0 saturated carbocycles. The molecule has 31 heavy (non-hydrogen) atoms. The Morgan fingerprint density at radius 3 is 1.94 bits per heavy atom. The summed E-state index contributed by atoms with van der Waals surface area (Å²) in [6.07, 6.45) is 0. The van der Waals surface area contributed by atoms with Crippen molar-refractivity contribution in [2.45, 2.75) is 6.04 Å². The molecule has 1 saturated heterocycles. The van der Waals surface area contributed by atoms with Crippen LogP contribution in [0.3, 0.4) is 0 Å². The fourth-order valence-electron chi connectivity index (χ4n) is 4.59. The van der Waals surface area contributed by atoms with Gasteiger partial charge < -0.3 is 4.90 Å². The Labute approximate surface area is 182 Å². The summed E-state index contributed by atoms with van der Waals surface area (Å²) in [6, 6.07) is 29.4. The molecule has 0 bridgehead atoms. The molecule has 2 heterocycles. The molecule has 0 spiro atoms. The average molecular weight is 411 g/mol. The van der Waals surface area contributed by atoms with Gasteiger partial charge in [-0.1, -0.05) is 78.9 Å². The molecule has 5 heteroatoms. The van der Waals surface area contributed by atoms with Crippen LogP contribution in [0.25, 0.3) is 10.9 Å². The van der Waals surface area contributed by atoms with Gasteiger partial charge in [-0.2, -0.15) is 5.10 Å². The number of piperazine rings is 1. The van der Waals surface area contributed by atoms with E-state index in [0.29, 0.717) is 18.8 Å². The highest BCUT2D eigenvalue weighted by molar-refractivity contribution is 6.04. The van der Waals surface area contributed by atoms with E-state index >= 15 is 0 Å². The van der Waals surface area contributed by atoms with Gasteiger partial charge in [0.05, 0.1) is 11.6 Å². The molecule has 1 aliphatic heterocycles. The lowest BCUT2D eigenvalue weighted by atomic mass is 9.96. The number of rotatable bonds is 4. The van der Waals surface area contributed by atoms with Crippen molar-refractivity contribution in [3.8, 4) is 0 Å². The number of amides is 1. The van der Waals surface area contributed by atoms with Crippen LogP contribution in [0.4, 0.5) is 0 Å². The van der Waals surface area contributed by atoms with Crippen LogP contribution in [0.2, 0.25) is 0 Å². The van der Waals surface area contributed by atoms with E-state index in [0.717, 1.165) is 24.0 Å². The first-order valence-electron chi connectivity index (χ1n) is 10.8. The van der Waals surface area contributed by atoms with Crippen LogP contribution in [-0.4, -0.2) is 51.7 Å². The van der Waals surface area contributed by atoms with Crippen molar-refractivity contribution in [2.75, 3.05) is 26.2 Å². The minimum absolute atomic E-state index is 0.0208. The molecular weight excluding hydrogens is 384 g/mol. The number of benzene rings is 3. The molecule has 0 unspecified atom stereocenters. The molecule has 0 N–H and O–H groups in total. The fourth-order valence-corrected chi connectivity index (χ4v) is 4.59. The van der Waals surface area contributed by atoms with Gasteiger partial charge in [0.1, 0.15) is 0 Å². The molecule has 1 fully saturated rings. The lowest BCUT2D eigenvalue weighted by Gasteiger charge is -2.39. The first-order chi connectivity index (χ1) is 15.2. The molecule has 0 radical (unpaired) electrons. The largest absolute Gasteiger partial charge is 0.335 e. The Bertz CT molecular complexity index is 1140. The van der Waals surface area contributed by atoms with Crippen LogP contribution in [0, 0.1) is 0 Å². The molecule has 1 aromatic heterocycles. The molecular formula is C26H26N4O. The van der Waals surface area contributed by atoms with E-state index in [1.165, 1.54) is 11.1 Å². The molecule has 0 aliphatic carbocycles. The Morgan fingerprint density at radius 1 is 0.774 bits per heavy atom. The summed E-state index contributed by atoms with van der Waals surface area (Å²) in [5.74, 6) is 0.0208. The predicted octanol–water partition coefficient (Wildman–Crippen LogP) is 4.12. The van der Waals surface area contributed by atoms with Crippen LogP contribution in [0.15, 0.2) is 84.9 Å². The summed E-state index contributed by atoms with van der Waals surface area (Å²) >= 11 is 0. The second-order valence-corrected chi connectivity index (χ2v) is 8.04. The van der Waals surface area contributed by atoms with Crippen molar-refractivity contribution in [3.63, 3.8) is 0 Å². The minimum Gasteiger partial charge on any atom is -0.335 e. The monoisotopic (exact) mass is 410 g/mol. The van der Waals surface area contributed by atoms with Gasteiger partial charge in [0.15, 0.2) is 5.69 Å². The lowest BCUT2D eigenvalue weighted by Crippen LogP contribution is -2.50. The van der Waals surface area contributed by atoms with Crippen molar-refractivity contribution < 1.29 is 4.79 Å². The van der Waals surface area contributed by atoms with Crippen molar-refractivity contribution in [1.29, 1.82) is 0 Å². The quantitative estimate of drug-likeness (QED) is 0.508. The Hall–Kier alpha value is -3.44. The third-order valence-electron chi connectivity index (χ3n) is 6.16. The Kier molecular flexibility index (Phi) is 5.26. The third-order valence-corrected chi connectivity index (χ3v) is 6.16. The van der Waals surface area contributed by atoms with Gasteiger partial charge in [-0.25, -0.2) is 0 Å². The molecule has 4 aromatic rings. The number of para-hydroxylation sites is 1. The number of hydrogen-bond acceptors (Lipinski definition) is 3. The van der Waals surface area contributed by atoms with Crippen LogP contribution in [0.5, 0.6) is 0 Å². The predicted molar refractivity (Wildman–Crippen MR) is 123 cm³/mol. The molecule has 5 rings (SSSR count). The highest BCUT2D eigenvalue weighted by Gasteiger charge is 2.30. The number of nitrogens with zero attached hydrogens (tertiary/aromatic N) is 4. The van der Waals surface area contributed by atoms with Gasteiger partial charge in [-0.15, -0.1) is 0 Å². The Morgan fingerprint density at radius 2 is 1.32 bits per heavy atom. The van der Waals surface area contributed by atoms with Crippen molar-refractivity contribution in [2.24, 2.45) is 7.05 Å². The van der Waals surface area contributed by atoms with Crippen LogP contribution in [-0.2, 0) is 7.05 Å². The molecule has 1 aliphatic rings. The van der Waals surface area contributed by atoms with Gasteiger partial charge in [0.25, 0.3) is 5.91 Å². The maximum atomic E-state index is 13.3. The summed E-state index contributed by atoms with van der Waals surface area (Å²) in [5.41, 5.74) is 4.10. The summed E-state index contributed by atoms with van der Waals surface area (Å²) in [5, 5.41) is 5.45. The van der Waals surface area contributed by atoms with Crippen molar-refractivity contribution in [3.05, 3.63) is 102 Å². The van der Waals surface area contributed by atoms with E-state index in [1.807, 2.05) is 36.2 Å². The maximum Gasteiger partial charge on any atom is 0.275 e. The topological polar surface area (TPSA) is 41.4 Å². The zero-order chi connectivity index (χ0) is 21.2. The fraction of sp³-hybridized carbons (Fsp3) is 0.231. The normalized spacial score (nSPS) is 15.0. The molecule has 156 valence electrons. The minimum atomic E-state index is 0.0208. The molecule has 1 amide bonds. The van der Waals surface area contributed by atoms with Crippen LogP contribution in [0.1, 0.15) is 27.7 Å². The number of hydrogen-bond donors (Lipinski definition) is 0. The third kappa shape index (κ3) is 3.73. The number of fused-ring (bicyclic) bond motifs is 1. The smallest absolute Gasteiger partial charge is 0.275 e. The lowest BCUT2D eigenvalue weighted by molar-refractivity contribution is 0.0593. The summed E-state index contributed by atoms with van der Waals surface area (Å²) in [6.45, 7) is 3.04. The average Bonchev–Trinajstić information content (AvgIpc) is 3.17. The Balaban J connectivity index is 1.37. The summed E-state index contributed by atoms with van der Waals surface area (Å²) in [4.78, 5) is 17.7. The van der Waals surface area contributed by atoms with Gasteiger partial charge in [-0.3, -0.25) is 14.4 Å². The van der Waals surface area contributed by atoms with E-state index in [1.54, 1.807) is 4.68 Å². The number of carbonyl (C=O) groups is 1. The van der Waals surface area contributed by atoms with E-state index in [9.17, 15) is 4.79 Å². The molecule has 3 aromatic carbocycles. The van der Waals surface area contributed by atoms with Gasteiger partial charge in [0.2, 0.25) is 0 Å². The highest BCUT2D eigenvalue weighted by Crippen LogP contribution is 2.30. The molecule has 5 nitrogen and oxygen atoms in total. The second kappa shape index (κ2) is 8.36. The SMILES string of the molecule is Cn1nc(C(=O)N2CCN(C(c3ccccc3)c3ccccc3)CC2)c2ccccc21. The van der Waals surface area contributed by atoms with E-state index < -0.39 is 0 Å². The summed E-state index contributed by atoms with van der Waals surface area (Å²) < 4.78 is 1.79. The van der Waals surface area contributed by atoms with Crippen molar-refractivity contribution in [1.82, 2.24) is 19.6 Å². The van der Waals surface area contributed by atoms with Gasteiger partial charge in [-0.05, 0) is 17.2 Å². The zero-order valence-electron chi connectivity index (χ0n) is 17.7. The van der Waals surface area contributed by atoms with Gasteiger partial charge >= 0.3 is 0 Å². The first-order valence-corrected chi connectivity index (χ1v) is 10.8. The first kappa shape index (κ1) is 19.5. The number of aromatic nitrogens is 2. The zero-order valence-corrected chi connectivity index (χ0v) is 17.7. The van der Waals surface area contributed by atoms with Crippen molar-refractivity contribution >= 4 is 16.8 Å². The highest BCUT2D eigenvalue weighted by atomic mass is 16.2. The van der Waals surface area contributed by atoms with Crippen LogP contribution < -0.4 is 0 Å². The van der Waals surface area contributed by atoms with Crippen LogP contribution >= 0.6 is 0 Å². The second-order valence-electron chi connectivity index (χ2n) is 8.04. The summed E-state index contributed by atoms with van der Waals surface area (Å²) in [7, 11) is 1.89. The maximum absolute atomic E-state index is 13.3. The van der Waals surface area contributed by atoms with E-state index in [-0.39, 0.29) is 11.9 Å². The van der Waals surface area contributed by atoms with Gasteiger partial charge in [0, 0.05) is 38.6 Å². The van der Waals surface area contributed by atoms with E-state index in [4.69, 9.17) is 0 Å². The molecule has 0 atom stereocenters. The standard InChI is InChI=1S/C26H26N4O/c1-28-23-15-9-8-14-22(23)24(27-28)26(31)30-18-16-29(17-19-30)25(20-10-4-2-5-11-20)21-12-6-3-7-13-21/h2-15,25H,16-19H2,1H3. The number of carbonyl (C=O) groups excluding carboxylic acids is 1.